The Labute approximate surface area is 172 Å². The van der Waals surface area contributed by atoms with Crippen molar-refractivity contribution in [3.8, 4) is 0 Å². The van der Waals surface area contributed by atoms with Crippen LogP contribution in [0.2, 0.25) is 0 Å². The molecule has 4 rings (SSSR count). The average molecular weight is 386 g/mol. The van der Waals surface area contributed by atoms with E-state index in [0.29, 0.717) is 12.1 Å². The van der Waals surface area contributed by atoms with Gasteiger partial charge in [-0.1, -0.05) is 54.6 Å². The van der Waals surface area contributed by atoms with Gasteiger partial charge >= 0.3 is 0 Å². The molecule has 1 aliphatic rings. The summed E-state index contributed by atoms with van der Waals surface area (Å²) in [5, 5.41) is 3.20. The highest BCUT2D eigenvalue weighted by atomic mass is 16.1. The third-order valence-corrected chi connectivity index (χ3v) is 6.06. The second-order valence-electron chi connectivity index (χ2n) is 8.01. The van der Waals surface area contributed by atoms with Crippen molar-refractivity contribution in [2.75, 3.05) is 13.6 Å². The number of pyridine rings is 1. The molecular weight excluding hydrogens is 358 g/mol. The minimum atomic E-state index is -0.148. The van der Waals surface area contributed by atoms with Gasteiger partial charge in [-0.05, 0) is 55.6 Å². The zero-order chi connectivity index (χ0) is 20.3. The van der Waals surface area contributed by atoms with Crippen LogP contribution in [-0.4, -0.2) is 34.9 Å². The Morgan fingerprint density at radius 2 is 1.66 bits per heavy atom. The van der Waals surface area contributed by atoms with Gasteiger partial charge in [-0.3, -0.25) is 14.7 Å². The topological polar surface area (TPSA) is 45.2 Å². The van der Waals surface area contributed by atoms with Gasteiger partial charge in [0.05, 0.1) is 5.56 Å². The van der Waals surface area contributed by atoms with Crippen LogP contribution in [0.4, 0.5) is 0 Å². The third-order valence-electron chi connectivity index (χ3n) is 6.06. The van der Waals surface area contributed by atoms with E-state index in [0.717, 1.165) is 25.1 Å². The third kappa shape index (κ3) is 4.08. The summed E-state index contributed by atoms with van der Waals surface area (Å²) in [7, 11) is 2.17. The molecule has 4 nitrogen and oxygen atoms in total. The summed E-state index contributed by atoms with van der Waals surface area (Å²) in [4.78, 5) is 19.5. The van der Waals surface area contributed by atoms with Crippen LogP contribution in [0.3, 0.4) is 0 Å². The van der Waals surface area contributed by atoms with Crippen LogP contribution in [0.5, 0.6) is 0 Å². The number of hydrogen-bond donors (Lipinski definition) is 1. The Kier molecular flexibility index (Phi) is 5.45. The van der Waals surface area contributed by atoms with E-state index < -0.39 is 0 Å². The first-order valence-corrected chi connectivity index (χ1v) is 10.1. The standard InChI is InChI=1S/C25H27N3O/c1-19-23(13-8-14-26-19)24(29)27-18-25(15-21-11-6-7-12-22(21)16-25)28(2)17-20-9-4-3-5-10-20/h3-14H,15-18H2,1-2H3,(H,27,29). The van der Waals surface area contributed by atoms with E-state index in [1.165, 1.54) is 16.7 Å². The fourth-order valence-electron chi connectivity index (χ4n) is 4.29. The van der Waals surface area contributed by atoms with Crippen LogP contribution in [0.1, 0.15) is 32.7 Å². The maximum absolute atomic E-state index is 12.8. The average Bonchev–Trinajstić information content (AvgIpc) is 3.13. The number of carbonyl (C=O) groups is 1. The van der Waals surface area contributed by atoms with Crippen LogP contribution < -0.4 is 5.32 Å². The van der Waals surface area contributed by atoms with E-state index in [9.17, 15) is 4.79 Å². The molecule has 0 bridgehead atoms. The van der Waals surface area contributed by atoms with Gasteiger partial charge < -0.3 is 5.32 Å². The smallest absolute Gasteiger partial charge is 0.253 e. The van der Waals surface area contributed by atoms with E-state index >= 15 is 0 Å². The van der Waals surface area contributed by atoms with Crippen molar-refractivity contribution in [1.29, 1.82) is 0 Å². The predicted molar refractivity (Wildman–Crippen MR) is 116 cm³/mol. The van der Waals surface area contributed by atoms with E-state index in [-0.39, 0.29) is 11.4 Å². The Hall–Kier alpha value is -2.98. The SMILES string of the molecule is Cc1ncccc1C(=O)NCC1(N(C)Cc2ccccc2)Cc2ccccc2C1. The lowest BCUT2D eigenvalue weighted by molar-refractivity contribution is 0.0855. The van der Waals surface area contributed by atoms with Crippen molar-refractivity contribution in [2.24, 2.45) is 0 Å². The number of fused-ring (bicyclic) bond motifs is 1. The molecular formula is C25H27N3O. The summed E-state index contributed by atoms with van der Waals surface area (Å²) in [5.74, 6) is -0.0564. The number of likely N-dealkylation sites (N-methyl/N-ethyl adjacent to an activating group) is 1. The van der Waals surface area contributed by atoms with Crippen molar-refractivity contribution in [2.45, 2.75) is 31.8 Å². The summed E-state index contributed by atoms with van der Waals surface area (Å²) < 4.78 is 0. The largest absolute Gasteiger partial charge is 0.350 e. The highest BCUT2D eigenvalue weighted by Gasteiger charge is 2.40. The molecule has 29 heavy (non-hydrogen) atoms. The van der Waals surface area contributed by atoms with Gasteiger partial charge in [-0.25, -0.2) is 0 Å². The van der Waals surface area contributed by atoms with Crippen molar-refractivity contribution in [1.82, 2.24) is 15.2 Å². The Morgan fingerprint density at radius 1 is 1.00 bits per heavy atom. The second kappa shape index (κ2) is 8.18. The van der Waals surface area contributed by atoms with Crippen LogP contribution in [-0.2, 0) is 19.4 Å². The lowest BCUT2D eigenvalue weighted by Gasteiger charge is -2.39. The first kappa shape index (κ1) is 19.3. The van der Waals surface area contributed by atoms with Crippen molar-refractivity contribution in [3.63, 3.8) is 0 Å². The zero-order valence-electron chi connectivity index (χ0n) is 17.1. The molecule has 0 unspecified atom stereocenters. The highest BCUT2D eigenvalue weighted by molar-refractivity contribution is 5.95. The van der Waals surface area contributed by atoms with E-state index in [1.807, 2.05) is 25.1 Å². The lowest BCUT2D eigenvalue weighted by Crippen LogP contribution is -2.54. The normalized spacial score (nSPS) is 14.6. The summed E-state index contributed by atoms with van der Waals surface area (Å²) in [6.07, 6.45) is 3.58. The second-order valence-corrected chi connectivity index (χ2v) is 8.01. The fourth-order valence-corrected chi connectivity index (χ4v) is 4.29. The lowest BCUT2D eigenvalue weighted by atomic mass is 9.92. The number of aromatic nitrogens is 1. The van der Waals surface area contributed by atoms with Crippen LogP contribution in [0.25, 0.3) is 0 Å². The van der Waals surface area contributed by atoms with Crippen molar-refractivity contribution < 1.29 is 4.79 Å². The minimum Gasteiger partial charge on any atom is -0.350 e. The molecule has 1 aromatic heterocycles. The van der Waals surface area contributed by atoms with Crippen molar-refractivity contribution in [3.05, 3.63) is 101 Å². The molecule has 0 fully saturated rings. The van der Waals surface area contributed by atoms with E-state index in [4.69, 9.17) is 0 Å². The number of amides is 1. The Bertz CT molecular complexity index is 975. The fraction of sp³-hybridized carbons (Fsp3) is 0.280. The molecule has 3 aromatic rings. The Morgan fingerprint density at radius 3 is 2.31 bits per heavy atom. The summed E-state index contributed by atoms with van der Waals surface area (Å²) in [5.41, 5.74) is 5.28. The molecule has 1 amide bonds. The number of benzene rings is 2. The van der Waals surface area contributed by atoms with Crippen LogP contribution >= 0.6 is 0 Å². The van der Waals surface area contributed by atoms with Gasteiger partial charge in [0.1, 0.15) is 0 Å². The molecule has 0 saturated heterocycles. The molecule has 4 heteroatoms. The molecule has 0 spiro atoms. The molecule has 1 aliphatic carbocycles. The number of rotatable bonds is 6. The minimum absolute atomic E-state index is 0.0564. The summed E-state index contributed by atoms with van der Waals surface area (Å²) in [6, 6.07) is 22.8. The molecule has 1 heterocycles. The summed E-state index contributed by atoms with van der Waals surface area (Å²) in [6.45, 7) is 3.31. The Balaban J connectivity index is 1.56. The zero-order valence-corrected chi connectivity index (χ0v) is 17.1. The van der Waals surface area contributed by atoms with Gasteiger partial charge in [-0.15, -0.1) is 0 Å². The van der Waals surface area contributed by atoms with Gasteiger partial charge in [-0.2, -0.15) is 0 Å². The number of carbonyl (C=O) groups excluding carboxylic acids is 1. The van der Waals surface area contributed by atoms with Crippen molar-refractivity contribution >= 4 is 5.91 Å². The first-order chi connectivity index (χ1) is 14.1. The summed E-state index contributed by atoms with van der Waals surface area (Å²) >= 11 is 0. The number of aryl methyl sites for hydroxylation is 1. The number of nitrogens with one attached hydrogen (secondary N) is 1. The van der Waals surface area contributed by atoms with Gasteiger partial charge in [0, 0.05) is 30.5 Å². The maximum Gasteiger partial charge on any atom is 0.253 e. The number of hydrogen-bond acceptors (Lipinski definition) is 3. The molecule has 0 aliphatic heterocycles. The highest BCUT2D eigenvalue weighted by Crippen LogP contribution is 2.34. The molecule has 2 aromatic carbocycles. The molecule has 0 radical (unpaired) electrons. The predicted octanol–water partition coefficient (Wildman–Crippen LogP) is 3.79. The monoisotopic (exact) mass is 385 g/mol. The van der Waals surface area contributed by atoms with E-state index in [1.54, 1.807) is 6.20 Å². The van der Waals surface area contributed by atoms with Gasteiger partial charge in [0.15, 0.2) is 0 Å². The maximum atomic E-state index is 12.8. The molecule has 0 atom stereocenters. The number of nitrogens with zero attached hydrogens (tertiary/aromatic N) is 2. The van der Waals surface area contributed by atoms with Gasteiger partial charge in [0.2, 0.25) is 0 Å². The molecule has 0 saturated carbocycles. The van der Waals surface area contributed by atoms with E-state index in [2.05, 4.69) is 70.8 Å². The quantitative estimate of drug-likeness (QED) is 0.702. The van der Waals surface area contributed by atoms with Crippen LogP contribution in [0, 0.1) is 6.92 Å². The molecule has 1 N–H and O–H groups in total. The van der Waals surface area contributed by atoms with Crippen LogP contribution in [0.15, 0.2) is 72.9 Å². The molecule has 148 valence electrons. The van der Waals surface area contributed by atoms with Gasteiger partial charge in [0.25, 0.3) is 5.91 Å². The first-order valence-electron chi connectivity index (χ1n) is 10.1.